The number of ether oxygens (including phenoxy) is 1. The second-order valence-corrected chi connectivity index (χ2v) is 6.39. The Kier molecular flexibility index (Phi) is 3.63. The zero-order valence-electron chi connectivity index (χ0n) is 11.6. The predicted molar refractivity (Wildman–Crippen MR) is 83.7 cm³/mol. The molecule has 4 N–H and O–H groups in total. The molecule has 0 bridgehead atoms. The van der Waals surface area contributed by atoms with E-state index in [1.54, 1.807) is 0 Å². The standard InChI is InChI=1S/C15H19N3OS/c1-9-14(20-15(17)18-9)12-5-11(6-13(16)7-12)4-10-2-3-19-8-10/h5-7,10H,2-4,8,16H2,1H3,(H2,17,18)/t10-/m0/s1. The van der Waals surface area contributed by atoms with E-state index in [4.69, 9.17) is 16.2 Å². The third kappa shape index (κ3) is 2.78. The minimum absolute atomic E-state index is 0.602. The summed E-state index contributed by atoms with van der Waals surface area (Å²) in [6, 6.07) is 6.25. The minimum Gasteiger partial charge on any atom is -0.399 e. The molecular weight excluding hydrogens is 270 g/mol. The van der Waals surface area contributed by atoms with Crippen molar-refractivity contribution in [1.82, 2.24) is 4.98 Å². The third-order valence-corrected chi connectivity index (χ3v) is 4.67. The summed E-state index contributed by atoms with van der Waals surface area (Å²) in [6.07, 6.45) is 2.15. The van der Waals surface area contributed by atoms with Gasteiger partial charge in [0, 0.05) is 18.9 Å². The van der Waals surface area contributed by atoms with Gasteiger partial charge in [-0.2, -0.15) is 0 Å². The number of benzene rings is 1. The second kappa shape index (κ2) is 5.42. The van der Waals surface area contributed by atoms with E-state index in [0.29, 0.717) is 11.0 Å². The summed E-state index contributed by atoms with van der Waals surface area (Å²) < 4.78 is 5.44. The van der Waals surface area contributed by atoms with Gasteiger partial charge >= 0.3 is 0 Å². The van der Waals surface area contributed by atoms with Gasteiger partial charge in [-0.3, -0.25) is 0 Å². The van der Waals surface area contributed by atoms with Gasteiger partial charge in [0.25, 0.3) is 0 Å². The van der Waals surface area contributed by atoms with Crippen LogP contribution in [0.4, 0.5) is 10.8 Å². The summed E-state index contributed by atoms with van der Waals surface area (Å²) >= 11 is 1.51. The lowest BCUT2D eigenvalue weighted by atomic mass is 9.96. The molecule has 1 aromatic carbocycles. The Bertz CT molecular complexity index is 618. The maximum absolute atomic E-state index is 6.05. The van der Waals surface area contributed by atoms with Crippen LogP contribution in [0.1, 0.15) is 17.7 Å². The second-order valence-electron chi connectivity index (χ2n) is 5.36. The Morgan fingerprint density at radius 1 is 1.35 bits per heavy atom. The van der Waals surface area contributed by atoms with Crippen LogP contribution >= 0.6 is 11.3 Å². The van der Waals surface area contributed by atoms with Crippen molar-refractivity contribution in [3.63, 3.8) is 0 Å². The Balaban J connectivity index is 1.91. The van der Waals surface area contributed by atoms with E-state index in [1.165, 1.54) is 16.9 Å². The molecule has 1 saturated heterocycles. The minimum atomic E-state index is 0.602. The van der Waals surface area contributed by atoms with Gasteiger partial charge in [-0.1, -0.05) is 17.4 Å². The van der Waals surface area contributed by atoms with Crippen LogP contribution in [0.2, 0.25) is 0 Å². The van der Waals surface area contributed by atoms with Crippen molar-refractivity contribution < 1.29 is 4.74 Å². The maximum atomic E-state index is 6.05. The van der Waals surface area contributed by atoms with E-state index in [9.17, 15) is 0 Å². The normalized spacial score (nSPS) is 18.6. The van der Waals surface area contributed by atoms with Gasteiger partial charge < -0.3 is 16.2 Å². The zero-order chi connectivity index (χ0) is 14.1. The van der Waals surface area contributed by atoms with Crippen LogP contribution < -0.4 is 11.5 Å². The van der Waals surface area contributed by atoms with Crippen LogP contribution in [0.25, 0.3) is 10.4 Å². The molecule has 1 fully saturated rings. The summed E-state index contributed by atoms with van der Waals surface area (Å²) in [5.74, 6) is 0.609. The monoisotopic (exact) mass is 289 g/mol. The molecule has 0 aliphatic carbocycles. The number of nitrogen functional groups attached to an aromatic ring is 2. The smallest absolute Gasteiger partial charge is 0.180 e. The fourth-order valence-electron chi connectivity index (χ4n) is 2.73. The molecule has 1 atom stereocenters. The van der Waals surface area contributed by atoms with Gasteiger partial charge in [0.15, 0.2) is 5.13 Å². The van der Waals surface area contributed by atoms with E-state index >= 15 is 0 Å². The van der Waals surface area contributed by atoms with Gasteiger partial charge in [0.1, 0.15) is 0 Å². The highest BCUT2D eigenvalue weighted by Crippen LogP contribution is 2.33. The molecule has 3 rings (SSSR count). The van der Waals surface area contributed by atoms with Crippen LogP contribution in [-0.4, -0.2) is 18.2 Å². The van der Waals surface area contributed by atoms with Gasteiger partial charge in [0.05, 0.1) is 10.6 Å². The van der Waals surface area contributed by atoms with Crippen LogP contribution in [-0.2, 0) is 11.2 Å². The first-order valence-corrected chi connectivity index (χ1v) is 7.64. The van der Waals surface area contributed by atoms with Crippen molar-refractivity contribution in [3.8, 4) is 10.4 Å². The summed E-state index contributed by atoms with van der Waals surface area (Å²) in [5, 5.41) is 0.602. The highest BCUT2D eigenvalue weighted by molar-refractivity contribution is 7.18. The Morgan fingerprint density at radius 3 is 2.85 bits per heavy atom. The highest BCUT2D eigenvalue weighted by Gasteiger charge is 2.17. The number of aromatic nitrogens is 1. The molecule has 2 aromatic rings. The van der Waals surface area contributed by atoms with E-state index in [2.05, 4.69) is 17.1 Å². The number of hydrogen-bond acceptors (Lipinski definition) is 5. The van der Waals surface area contributed by atoms with E-state index in [1.807, 2.05) is 13.0 Å². The van der Waals surface area contributed by atoms with Crippen molar-refractivity contribution in [2.45, 2.75) is 19.8 Å². The van der Waals surface area contributed by atoms with Gasteiger partial charge in [-0.25, -0.2) is 4.98 Å². The molecular formula is C15H19N3OS. The first-order chi connectivity index (χ1) is 9.61. The molecule has 2 heterocycles. The van der Waals surface area contributed by atoms with Crippen LogP contribution in [0.3, 0.4) is 0 Å². The number of hydrogen-bond donors (Lipinski definition) is 2. The quantitative estimate of drug-likeness (QED) is 0.852. The molecule has 20 heavy (non-hydrogen) atoms. The van der Waals surface area contributed by atoms with Crippen molar-refractivity contribution in [2.24, 2.45) is 5.92 Å². The molecule has 1 aliphatic heterocycles. The molecule has 0 spiro atoms. The van der Waals surface area contributed by atoms with Gasteiger partial charge in [-0.05, 0) is 48.9 Å². The van der Waals surface area contributed by atoms with E-state index in [-0.39, 0.29) is 0 Å². The zero-order valence-corrected chi connectivity index (χ0v) is 12.4. The summed E-state index contributed by atoms with van der Waals surface area (Å²) in [4.78, 5) is 5.40. The Hall–Kier alpha value is -1.59. The lowest BCUT2D eigenvalue weighted by Crippen LogP contribution is -2.04. The fraction of sp³-hybridized carbons (Fsp3) is 0.400. The molecule has 106 valence electrons. The number of anilines is 2. The lowest BCUT2D eigenvalue weighted by molar-refractivity contribution is 0.186. The molecule has 0 amide bonds. The number of aryl methyl sites for hydroxylation is 1. The van der Waals surface area contributed by atoms with E-state index < -0.39 is 0 Å². The predicted octanol–water partition coefficient (Wildman–Crippen LogP) is 2.86. The highest BCUT2D eigenvalue weighted by atomic mass is 32.1. The van der Waals surface area contributed by atoms with Gasteiger partial charge in [-0.15, -0.1) is 0 Å². The van der Waals surface area contributed by atoms with Crippen LogP contribution in [0, 0.1) is 12.8 Å². The first-order valence-electron chi connectivity index (χ1n) is 6.82. The molecule has 4 nitrogen and oxygen atoms in total. The molecule has 1 aromatic heterocycles. The molecule has 0 unspecified atom stereocenters. The van der Waals surface area contributed by atoms with Crippen molar-refractivity contribution in [2.75, 3.05) is 24.7 Å². The number of thiazole rings is 1. The summed E-state index contributed by atoms with van der Waals surface area (Å²) in [6.45, 7) is 3.72. The van der Waals surface area contributed by atoms with E-state index in [0.717, 1.165) is 47.9 Å². The SMILES string of the molecule is Cc1nc(N)sc1-c1cc(N)cc(C[C@@H]2CCOC2)c1. The topological polar surface area (TPSA) is 74.2 Å². The van der Waals surface area contributed by atoms with Crippen LogP contribution in [0.15, 0.2) is 18.2 Å². The van der Waals surface area contributed by atoms with Crippen molar-refractivity contribution >= 4 is 22.2 Å². The van der Waals surface area contributed by atoms with Crippen molar-refractivity contribution in [3.05, 3.63) is 29.5 Å². The largest absolute Gasteiger partial charge is 0.399 e. The maximum Gasteiger partial charge on any atom is 0.180 e. The first kappa shape index (κ1) is 13.4. The summed E-state index contributed by atoms with van der Waals surface area (Å²) in [7, 11) is 0. The fourth-order valence-corrected chi connectivity index (χ4v) is 3.55. The molecule has 5 heteroatoms. The number of rotatable bonds is 3. The third-order valence-electron chi connectivity index (χ3n) is 3.64. The van der Waals surface area contributed by atoms with Gasteiger partial charge in [0.2, 0.25) is 0 Å². The Labute approximate surface area is 122 Å². The average molecular weight is 289 g/mol. The average Bonchev–Trinajstić information content (AvgIpc) is 2.98. The lowest BCUT2D eigenvalue weighted by Gasteiger charge is -2.10. The van der Waals surface area contributed by atoms with Crippen molar-refractivity contribution in [1.29, 1.82) is 0 Å². The number of nitrogens with two attached hydrogens (primary N) is 2. The molecule has 0 radical (unpaired) electrons. The Morgan fingerprint density at radius 2 is 2.20 bits per heavy atom. The molecule has 1 aliphatic rings. The summed E-state index contributed by atoms with van der Waals surface area (Å²) in [5.41, 5.74) is 16.0. The number of nitrogens with zero attached hydrogens (tertiary/aromatic N) is 1. The molecule has 0 saturated carbocycles. The van der Waals surface area contributed by atoms with Crippen LogP contribution in [0.5, 0.6) is 0 Å².